The fourth-order valence-electron chi connectivity index (χ4n) is 3.64. The number of nitrogens with zero attached hydrogens (tertiary/aromatic N) is 1. The van der Waals surface area contributed by atoms with E-state index in [2.05, 4.69) is 21.4 Å². The maximum Gasteiger partial charge on any atom is 0.284 e. The van der Waals surface area contributed by atoms with E-state index >= 15 is 0 Å². The average molecular weight is 363 g/mol. The summed E-state index contributed by atoms with van der Waals surface area (Å²) < 4.78 is 0. The first-order valence-corrected chi connectivity index (χ1v) is 9.32. The van der Waals surface area contributed by atoms with Crippen molar-refractivity contribution in [3.63, 3.8) is 0 Å². The molecule has 4 rings (SSSR count). The van der Waals surface area contributed by atoms with Gasteiger partial charge in [0.1, 0.15) is 0 Å². The smallest absolute Gasteiger partial charge is 0.284 e. The third-order valence-electron chi connectivity index (χ3n) is 5.10. The first-order valence-electron chi connectivity index (χ1n) is 9.32. The van der Waals surface area contributed by atoms with Crippen LogP contribution in [-0.4, -0.2) is 41.3 Å². The van der Waals surface area contributed by atoms with Crippen LogP contribution in [0.3, 0.4) is 0 Å². The fourth-order valence-corrected chi connectivity index (χ4v) is 3.64. The van der Waals surface area contributed by atoms with Gasteiger partial charge in [-0.05, 0) is 43.2 Å². The third-order valence-corrected chi connectivity index (χ3v) is 5.10. The molecule has 0 spiro atoms. The molecule has 1 fully saturated rings. The molecule has 0 bridgehead atoms. The summed E-state index contributed by atoms with van der Waals surface area (Å²) in [4.78, 5) is 33.1. The molecule has 6 heteroatoms. The van der Waals surface area contributed by atoms with Crippen molar-refractivity contribution in [2.75, 3.05) is 19.6 Å². The summed E-state index contributed by atoms with van der Waals surface area (Å²) in [6.07, 6.45) is 4.54. The highest BCUT2D eigenvalue weighted by molar-refractivity contribution is 5.96. The number of carbonyl (C=O) groups excluding carboxylic acids is 2. The Morgan fingerprint density at radius 3 is 3.00 bits per heavy atom. The van der Waals surface area contributed by atoms with Crippen LogP contribution in [-0.2, 0) is 4.79 Å². The van der Waals surface area contributed by atoms with Crippen LogP contribution in [0.4, 0.5) is 0 Å². The van der Waals surface area contributed by atoms with Crippen molar-refractivity contribution in [2.45, 2.75) is 13.3 Å². The summed E-state index contributed by atoms with van der Waals surface area (Å²) in [6, 6.07) is 11.8. The van der Waals surface area contributed by atoms with Gasteiger partial charge in [-0.25, -0.2) is 9.97 Å². The van der Waals surface area contributed by atoms with E-state index in [1.54, 1.807) is 4.90 Å². The number of aromatic amines is 2. The van der Waals surface area contributed by atoms with Crippen LogP contribution in [0.15, 0.2) is 48.8 Å². The number of fused-ring (bicyclic) bond motifs is 1. The van der Waals surface area contributed by atoms with Gasteiger partial charge in [-0.1, -0.05) is 12.1 Å². The van der Waals surface area contributed by atoms with Gasteiger partial charge in [-0.2, -0.15) is 0 Å². The monoisotopic (exact) mass is 363 g/mol. The summed E-state index contributed by atoms with van der Waals surface area (Å²) in [6.45, 7) is 3.63. The normalized spacial score (nSPS) is 16.6. The zero-order valence-corrected chi connectivity index (χ0v) is 15.3. The molecular weight excluding hydrogens is 340 g/mol. The van der Waals surface area contributed by atoms with E-state index in [9.17, 15) is 9.59 Å². The second kappa shape index (κ2) is 7.23. The largest absolute Gasteiger partial charge is 0.356 e. The van der Waals surface area contributed by atoms with Crippen LogP contribution >= 0.6 is 0 Å². The number of carbonyl (C=O) groups is 2. The summed E-state index contributed by atoms with van der Waals surface area (Å²) in [5.41, 5.74) is 3.63. The molecule has 1 aromatic carbocycles. The number of hydrogen-bond donors (Lipinski definition) is 2. The molecule has 27 heavy (non-hydrogen) atoms. The molecule has 0 unspecified atom stereocenters. The Morgan fingerprint density at radius 2 is 2.15 bits per heavy atom. The molecule has 0 saturated carbocycles. The molecule has 3 heterocycles. The number of rotatable bonds is 4. The van der Waals surface area contributed by atoms with E-state index in [4.69, 9.17) is 0 Å². The lowest BCUT2D eigenvalue weighted by Gasteiger charge is -2.17. The van der Waals surface area contributed by atoms with Crippen LogP contribution in [0.25, 0.3) is 22.2 Å². The number of aromatic nitrogens is 2. The van der Waals surface area contributed by atoms with E-state index in [-0.39, 0.29) is 17.7 Å². The average Bonchev–Trinajstić information content (AvgIpc) is 3.36. The van der Waals surface area contributed by atoms with Crippen LogP contribution in [0.1, 0.15) is 23.7 Å². The number of hydrogen-bond acceptors (Lipinski definition) is 2. The van der Waals surface area contributed by atoms with E-state index in [1.165, 1.54) is 0 Å². The zero-order valence-electron chi connectivity index (χ0n) is 15.3. The second-order valence-electron chi connectivity index (χ2n) is 6.91. The molecule has 1 aliphatic rings. The lowest BCUT2D eigenvalue weighted by molar-refractivity contribution is -0.346. The Kier molecular flexibility index (Phi) is 4.62. The van der Waals surface area contributed by atoms with Crippen LogP contribution in [0.5, 0.6) is 0 Å². The summed E-state index contributed by atoms with van der Waals surface area (Å²) in [5, 5.41) is 3.94. The van der Waals surface area contributed by atoms with Crippen molar-refractivity contribution in [3.05, 3.63) is 54.4 Å². The first-order chi connectivity index (χ1) is 13.2. The lowest BCUT2D eigenvalue weighted by Crippen LogP contribution is -2.34. The van der Waals surface area contributed by atoms with Gasteiger partial charge in [0.05, 0.1) is 23.7 Å². The van der Waals surface area contributed by atoms with Gasteiger partial charge in [0, 0.05) is 30.8 Å². The van der Waals surface area contributed by atoms with Gasteiger partial charge < -0.3 is 10.2 Å². The predicted octanol–water partition coefficient (Wildman–Crippen LogP) is 2.25. The Labute approximate surface area is 157 Å². The van der Waals surface area contributed by atoms with E-state index in [0.29, 0.717) is 25.2 Å². The quantitative estimate of drug-likeness (QED) is 0.746. The molecule has 3 N–H and O–H groups in total. The number of benzene rings is 1. The van der Waals surface area contributed by atoms with Crippen LogP contribution in [0.2, 0.25) is 0 Å². The summed E-state index contributed by atoms with van der Waals surface area (Å²) >= 11 is 0. The highest BCUT2D eigenvalue weighted by atomic mass is 16.2. The SMILES string of the molecule is CCNC(=O)[C@H]1CCN(C(=O)c2cccc(-c3c[nH+]c4[nH]ccc4c3)c2)C1. The van der Waals surface area contributed by atoms with Gasteiger partial charge in [0.2, 0.25) is 5.91 Å². The molecule has 0 radical (unpaired) electrons. The van der Waals surface area contributed by atoms with Gasteiger partial charge in [0.25, 0.3) is 11.6 Å². The van der Waals surface area contributed by atoms with Gasteiger partial charge in [-0.3, -0.25) is 9.59 Å². The minimum absolute atomic E-state index is 0.0182. The Morgan fingerprint density at radius 1 is 1.26 bits per heavy atom. The van der Waals surface area contributed by atoms with Gasteiger partial charge in [0.15, 0.2) is 0 Å². The second-order valence-corrected chi connectivity index (χ2v) is 6.91. The number of likely N-dealkylation sites (tertiary alicyclic amines) is 1. The highest BCUT2D eigenvalue weighted by Gasteiger charge is 2.31. The molecule has 1 aliphatic heterocycles. The zero-order chi connectivity index (χ0) is 18.8. The van der Waals surface area contributed by atoms with E-state index < -0.39 is 0 Å². The predicted molar refractivity (Wildman–Crippen MR) is 103 cm³/mol. The molecule has 1 saturated heterocycles. The number of H-pyrrole nitrogens is 2. The molecular formula is C21H23N4O2+. The maximum atomic E-state index is 12.9. The van der Waals surface area contributed by atoms with Crippen molar-refractivity contribution in [1.82, 2.24) is 15.2 Å². The van der Waals surface area contributed by atoms with Crippen LogP contribution < -0.4 is 10.3 Å². The fraction of sp³-hybridized carbons (Fsp3) is 0.286. The Bertz CT molecular complexity index is 995. The van der Waals surface area contributed by atoms with Gasteiger partial charge in [-0.15, -0.1) is 0 Å². The molecule has 2 amide bonds. The minimum Gasteiger partial charge on any atom is -0.356 e. The standard InChI is InChI=1S/C21H22N4O2/c1-2-22-20(26)17-7-9-25(13-17)21(27)16-5-3-4-14(10-16)18-11-15-6-8-23-19(15)24-12-18/h3-6,8,10-12,17H,2,7,9,13H2,1H3,(H,22,26)(H,23,24)/p+1/t17-/m0/s1. The Hall–Kier alpha value is -3.15. The summed E-state index contributed by atoms with van der Waals surface area (Å²) in [5.74, 6) is -0.0880. The highest BCUT2D eigenvalue weighted by Crippen LogP contribution is 2.24. The molecule has 138 valence electrons. The molecule has 0 aliphatic carbocycles. The van der Waals surface area contributed by atoms with Crippen molar-refractivity contribution in [3.8, 4) is 11.1 Å². The number of pyridine rings is 1. The van der Waals surface area contributed by atoms with Crippen molar-refractivity contribution in [1.29, 1.82) is 0 Å². The molecule has 1 atom stereocenters. The topological polar surface area (TPSA) is 79.3 Å². The Balaban J connectivity index is 1.53. The summed E-state index contributed by atoms with van der Waals surface area (Å²) in [7, 11) is 0. The van der Waals surface area contributed by atoms with Gasteiger partial charge >= 0.3 is 0 Å². The first kappa shape index (κ1) is 17.3. The van der Waals surface area contributed by atoms with Crippen LogP contribution in [0, 0.1) is 5.92 Å². The van der Waals surface area contributed by atoms with Crippen molar-refractivity contribution >= 4 is 22.8 Å². The maximum absolute atomic E-state index is 12.9. The van der Waals surface area contributed by atoms with E-state index in [1.807, 2.05) is 49.6 Å². The molecule has 3 aromatic rings. The third kappa shape index (κ3) is 3.43. The van der Waals surface area contributed by atoms with Crippen molar-refractivity contribution < 1.29 is 14.6 Å². The van der Waals surface area contributed by atoms with E-state index in [0.717, 1.165) is 28.6 Å². The minimum atomic E-state index is -0.109. The molecule has 2 aromatic heterocycles. The molecule has 6 nitrogen and oxygen atoms in total. The van der Waals surface area contributed by atoms with Crippen molar-refractivity contribution in [2.24, 2.45) is 5.92 Å². The number of nitrogens with one attached hydrogen (secondary N) is 3. The lowest BCUT2D eigenvalue weighted by atomic mass is 10.0. The number of amides is 2.